The molecule has 1 amide bonds. The highest BCUT2D eigenvalue weighted by Gasteiger charge is 2.25. The van der Waals surface area contributed by atoms with E-state index in [1.165, 1.54) is 4.57 Å². The molecular formula is C18H20N6O2. The van der Waals surface area contributed by atoms with Gasteiger partial charge in [-0.2, -0.15) is 0 Å². The van der Waals surface area contributed by atoms with E-state index in [0.29, 0.717) is 18.1 Å². The molecule has 3 aromatic rings. The van der Waals surface area contributed by atoms with Gasteiger partial charge in [0.2, 0.25) is 0 Å². The minimum Gasteiger partial charge on any atom is -0.350 e. The summed E-state index contributed by atoms with van der Waals surface area (Å²) in [6.07, 6.45) is 8.42. The second-order valence-corrected chi connectivity index (χ2v) is 6.50. The summed E-state index contributed by atoms with van der Waals surface area (Å²) < 4.78 is 3.29. The molecule has 1 fully saturated rings. The van der Waals surface area contributed by atoms with Gasteiger partial charge < -0.3 is 14.8 Å². The zero-order valence-corrected chi connectivity index (χ0v) is 14.5. The Bertz CT molecular complexity index is 1010. The number of amides is 1. The number of aryl methyl sites for hydroxylation is 1. The number of anilines is 1. The van der Waals surface area contributed by atoms with Gasteiger partial charge in [-0.25, -0.2) is 9.97 Å². The Labute approximate surface area is 150 Å². The maximum Gasteiger partial charge on any atom is 0.293 e. The van der Waals surface area contributed by atoms with Crippen LogP contribution >= 0.6 is 0 Å². The largest absolute Gasteiger partial charge is 0.350 e. The molecule has 0 aliphatic carbocycles. The molecule has 8 heteroatoms. The van der Waals surface area contributed by atoms with Crippen LogP contribution in [-0.2, 0) is 7.05 Å². The van der Waals surface area contributed by atoms with E-state index in [-0.39, 0.29) is 17.5 Å². The number of nitrogens with zero attached hydrogens (tertiary/aromatic N) is 5. The minimum absolute atomic E-state index is 0.0442. The third kappa shape index (κ3) is 2.94. The fourth-order valence-electron chi connectivity index (χ4n) is 3.35. The normalized spacial score (nSPS) is 17.4. The average Bonchev–Trinajstić information content (AvgIpc) is 3.08. The molecule has 1 aliphatic rings. The number of piperidine rings is 1. The number of hydrogen-bond donors (Lipinski definition) is 1. The van der Waals surface area contributed by atoms with Crippen LogP contribution in [0.4, 0.5) is 5.82 Å². The van der Waals surface area contributed by atoms with E-state index in [1.807, 2.05) is 29.3 Å². The van der Waals surface area contributed by atoms with Crippen molar-refractivity contribution in [3.8, 4) is 0 Å². The monoisotopic (exact) mass is 352 g/mol. The lowest BCUT2D eigenvalue weighted by Crippen LogP contribution is -2.49. The summed E-state index contributed by atoms with van der Waals surface area (Å²) in [4.78, 5) is 35.4. The fraction of sp³-hybridized carbons (Fsp3) is 0.333. The molecule has 0 spiro atoms. The van der Waals surface area contributed by atoms with Crippen molar-refractivity contribution in [1.29, 1.82) is 0 Å². The Morgan fingerprint density at radius 2 is 2.15 bits per heavy atom. The molecule has 4 rings (SSSR count). The lowest BCUT2D eigenvalue weighted by Gasteiger charge is -2.33. The molecule has 0 unspecified atom stereocenters. The number of pyridine rings is 1. The van der Waals surface area contributed by atoms with E-state index in [4.69, 9.17) is 0 Å². The molecule has 1 saturated heterocycles. The van der Waals surface area contributed by atoms with Gasteiger partial charge in [-0.1, -0.05) is 6.07 Å². The molecule has 0 bridgehead atoms. The van der Waals surface area contributed by atoms with Crippen LogP contribution in [0.1, 0.15) is 23.3 Å². The highest BCUT2D eigenvalue weighted by atomic mass is 16.2. The Hall–Kier alpha value is -3.16. The summed E-state index contributed by atoms with van der Waals surface area (Å²) in [7, 11) is 1.71. The molecule has 8 nitrogen and oxygen atoms in total. The SMILES string of the molecule is Cn1ccnc(N2CCC[C@@H](NC(=O)c3cnc4ccccn34)C2)c1=O. The first-order valence-electron chi connectivity index (χ1n) is 8.63. The number of nitrogens with one attached hydrogen (secondary N) is 1. The standard InChI is InChI=1S/C18H20N6O2/c1-22-10-7-19-16(18(22)26)23-8-4-5-13(12-23)21-17(25)14-11-20-15-6-2-3-9-24(14)15/h2-3,6-7,9-11,13H,4-5,8,12H2,1H3,(H,21,25)/t13-/m1/s1. The van der Waals surface area contributed by atoms with Crippen LogP contribution in [0.3, 0.4) is 0 Å². The van der Waals surface area contributed by atoms with E-state index in [9.17, 15) is 9.59 Å². The van der Waals surface area contributed by atoms with Crippen LogP contribution in [0.15, 0.2) is 47.8 Å². The van der Waals surface area contributed by atoms with E-state index >= 15 is 0 Å². The summed E-state index contributed by atoms with van der Waals surface area (Å²) in [5.41, 5.74) is 1.12. The van der Waals surface area contributed by atoms with Gasteiger partial charge >= 0.3 is 0 Å². The summed E-state index contributed by atoms with van der Waals surface area (Å²) in [5, 5.41) is 3.07. The lowest BCUT2D eigenvalue weighted by atomic mass is 10.1. The molecule has 0 aromatic carbocycles. The maximum absolute atomic E-state index is 12.7. The number of carbonyl (C=O) groups excluding carboxylic acids is 1. The summed E-state index contributed by atoms with van der Waals surface area (Å²) in [6, 6.07) is 5.56. The Morgan fingerprint density at radius 1 is 1.27 bits per heavy atom. The summed E-state index contributed by atoms with van der Waals surface area (Å²) in [5.74, 6) is 0.272. The van der Waals surface area contributed by atoms with Crippen molar-refractivity contribution >= 4 is 17.4 Å². The fourth-order valence-corrected chi connectivity index (χ4v) is 3.35. The molecule has 26 heavy (non-hydrogen) atoms. The third-order valence-corrected chi connectivity index (χ3v) is 4.70. The quantitative estimate of drug-likeness (QED) is 0.755. The van der Waals surface area contributed by atoms with Gasteiger partial charge in [0, 0.05) is 44.8 Å². The molecule has 134 valence electrons. The number of imidazole rings is 1. The van der Waals surface area contributed by atoms with E-state index < -0.39 is 0 Å². The predicted octanol–water partition coefficient (Wildman–Crippen LogP) is 0.827. The van der Waals surface area contributed by atoms with Crippen LogP contribution in [0.25, 0.3) is 5.65 Å². The van der Waals surface area contributed by atoms with Crippen molar-refractivity contribution < 1.29 is 4.79 Å². The zero-order valence-electron chi connectivity index (χ0n) is 14.5. The number of carbonyl (C=O) groups is 1. The molecule has 0 radical (unpaired) electrons. The molecule has 1 N–H and O–H groups in total. The smallest absolute Gasteiger partial charge is 0.293 e. The zero-order chi connectivity index (χ0) is 18.1. The van der Waals surface area contributed by atoms with E-state index in [0.717, 1.165) is 25.0 Å². The van der Waals surface area contributed by atoms with E-state index in [2.05, 4.69) is 15.3 Å². The Kier molecular flexibility index (Phi) is 4.16. The predicted molar refractivity (Wildman–Crippen MR) is 97.4 cm³/mol. The Morgan fingerprint density at radius 3 is 3.04 bits per heavy atom. The van der Waals surface area contributed by atoms with Gasteiger partial charge in [-0.3, -0.25) is 14.0 Å². The topological polar surface area (TPSA) is 84.5 Å². The first-order valence-corrected chi connectivity index (χ1v) is 8.63. The van der Waals surface area contributed by atoms with Gasteiger partial charge in [0.1, 0.15) is 11.3 Å². The molecule has 0 saturated carbocycles. The molecular weight excluding hydrogens is 332 g/mol. The number of hydrogen-bond acceptors (Lipinski definition) is 5. The molecule has 4 heterocycles. The second kappa shape index (κ2) is 6.62. The first-order chi connectivity index (χ1) is 12.6. The van der Waals surface area contributed by atoms with Crippen LogP contribution in [0.5, 0.6) is 0 Å². The van der Waals surface area contributed by atoms with Gasteiger partial charge in [-0.15, -0.1) is 0 Å². The second-order valence-electron chi connectivity index (χ2n) is 6.50. The number of fused-ring (bicyclic) bond motifs is 1. The van der Waals surface area contributed by atoms with E-state index in [1.54, 1.807) is 30.0 Å². The van der Waals surface area contributed by atoms with Crippen molar-refractivity contribution in [3.05, 3.63) is 59.0 Å². The average molecular weight is 352 g/mol. The van der Waals surface area contributed by atoms with Crippen molar-refractivity contribution in [2.24, 2.45) is 7.05 Å². The molecule has 3 aromatic heterocycles. The van der Waals surface area contributed by atoms with Crippen LogP contribution in [0, 0.1) is 0 Å². The Balaban J connectivity index is 1.51. The lowest BCUT2D eigenvalue weighted by molar-refractivity contribution is 0.0927. The van der Waals surface area contributed by atoms with Crippen molar-refractivity contribution in [2.75, 3.05) is 18.0 Å². The van der Waals surface area contributed by atoms with Gasteiger partial charge in [0.15, 0.2) is 5.82 Å². The van der Waals surface area contributed by atoms with Crippen LogP contribution in [0.2, 0.25) is 0 Å². The summed E-state index contributed by atoms with van der Waals surface area (Å²) >= 11 is 0. The van der Waals surface area contributed by atoms with Crippen LogP contribution < -0.4 is 15.8 Å². The van der Waals surface area contributed by atoms with Gasteiger partial charge in [0.25, 0.3) is 11.5 Å². The molecule has 1 aliphatic heterocycles. The van der Waals surface area contributed by atoms with Gasteiger partial charge in [-0.05, 0) is 25.0 Å². The van der Waals surface area contributed by atoms with Gasteiger partial charge in [0.05, 0.1) is 6.20 Å². The molecule has 1 atom stereocenters. The highest BCUT2D eigenvalue weighted by Crippen LogP contribution is 2.15. The minimum atomic E-state index is -0.163. The third-order valence-electron chi connectivity index (χ3n) is 4.70. The summed E-state index contributed by atoms with van der Waals surface area (Å²) in [6.45, 7) is 1.32. The first kappa shape index (κ1) is 16.3. The number of rotatable bonds is 3. The highest BCUT2D eigenvalue weighted by molar-refractivity contribution is 5.93. The van der Waals surface area contributed by atoms with Crippen molar-refractivity contribution in [1.82, 2.24) is 24.3 Å². The number of aromatic nitrogens is 4. The van der Waals surface area contributed by atoms with Crippen molar-refractivity contribution in [2.45, 2.75) is 18.9 Å². The maximum atomic E-state index is 12.7. The van der Waals surface area contributed by atoms with Crippen LogP contribution in [-0.4, -0.2) is 44.0 Å². The van der Waals surface area contributed by atoms with Crippen molar-refractivity contribution in [3.63, 3.8) is 0 Å².